The van der Waals surface area contributed by atoms with Gasteiger partial charge in [-0.05, 0) is 31.1 Å². The third-order valence-electron chi connectivity index (χ3n) is 3.12. The van der Waals surface area contributed by atoms with Crippen molar-refractivity contribution in [3.8, 4) is 0 Å². The van der Waals surface area contributed by atoms with E-state index in [2.05, 4.69) is 5.32 Å². The number of sulfone groups is 1. The van der Waals surface area contributed by atoms with Crippen molar-refractivity contribution >= 4 is 39.1 Å². The van der Waals surface area contributed by atoms with E-state index in [1.54, 1.807) is 13.0 Å². The lowest BCUT2D eigenvalue weighted by molar-refractivity contribution is -0.131. The fourth-order valence-electron chi connectivity index (χ4n) is 2.09. The molecule has 0 aliphatic carbocycles. The number of aliphatic carboxylic acids is 1. The molecule has 0 radical (unpaired) electrons. The second-order valence-corrected chi connectivity index (χ2v) is 8.22. The van der Waals surface area contributed by atoms with Crippen LogP contribution in [0.25, 0.3) is 6.08 Å². The van der Waals surface area contributed by atoms with E-state index < -0.39 is 15.8 Å². The van der Waals surface area contributed by atoms with Crippen molar-refractivity contribution in [3.05, 3.63) is 27.5 Å². The molecule has 0 spiro atoms. The predicted molar refractivity (Wildman–Crippen MR) is 80.3 cm³/mol. The minimum Gasteiger partial charge on any atom is -0.478 e. The highest BCUT2D eigenvalue weighted by Crippen LogP contribution is 2.24. The van der Waals surface area contributed by atoms with Crippen LogP contribution >= 0.6 is 11.3 Å². The summed E-state index contributed by atoms with van der Waals surface area (Å²) in [5.74, 6) is -1.28. The number of amides is 1. The van der Waals surface area contributed by atoms with E-state index in [0.29, 0.717) is 16.2 Å². The molecule has 114 valence electrons. The van der Waals surface area contributed by atoms with Crippen LogP contribution in [0.15, 0.2) is 12.1 Å². The van der Waals surface area contributed by atoms with Gasteiger partial charge in [-0.1, -0.05) is 0 Å². The summed E-state index contributed by atoms with van der Waals surface area (Å²) < 4.78 is 22.7. The molecular weight excluding hydrogens is 314 g/mol. The third kappa shape index (κ3) is 4.15. The Morgan fingerprint density at radius 2 is 2.19 bits per heavy atom. The summed E-state index contributed by atoms with van der Waals surface area (Å²) in [4.78, 5) is 23.7. The maximum atomic E-state index is 12.1. The van der Waals surface area contributed by atoms with Crippen molar-refractivity contribution in [1.29, 1.82) is 0 Å². The molecule has 0 aromatic carbocycles. The summed E-state index contributed by atoms with van der Waals surface area (Å²) in [6.45, 7) is 1.79. The second kappa shape index (κ2) is 5.98. The molecule has 1 aromatic rings. The van der Waals surface area contributed by atoms with E-state index in [1.807, 2.05) is 0 Å². The number of hydrogen-bond donors (Lipinski definition) is 2. The van der Waals surface area contributed by atoms with Crippen molar-refractivity contribution in [3.63, 3.8) is 0 Å². The number of carboxylic acid groups (broad SMARTS) is 1. The standard InChI is InChI=1S/C13H15NO5S2/c1-8-6-11(20-10(8)2-3-12(15)16)13(17)14-9-4-5-21(18,19)7-9/h2-3,6,9H,4-5,7H2,1H3,(H,14,17)(H,15,16)/b3-2+. The molecule has 1 fully saturated rings. The van der Waals surface area contributed by atoms with Crippen LogP contribution in [0.3, 0.4) is 0 Å². The summed E-state index contributed by atoms with van der Waals surface area (Å²) in [7, 11) is -3.03. The van der Waals surface area contributed by atoms with Crippen LogP contribution < -0.4 is 5.32 Å². The van der Waals surface area contributed by atoms with Crippen LogP contribution in [0.5, 0.6) is 0 Å². The first-order chi connectivity index (χ1) is 9.77. The lowest BCUT2D eigenvalue weighted by atomic mass is 10.2. The van der Waals surface area contributed by atoms with Gasteiger partial charge in [-0.3, -0.25) is 4.79 Å². The Morgan fingerprint density at radius 1 is 1.48 bits per heavy atom. The van der Waals surface area contributed by atoms with E-state index >= 15 is 0 Å². The Bertz CT molecular complexity index is 702. The topological polar surface area (TPSA) is 101 Å². The smallest absolute Gasteiger partial charge is 0.328 e. The van der Waals surface area contributed by atoms with Crippen LogP contribution in [0.4, 0.5) is 0 Å². The SMILES string of the molecule is Cc1cc(C(=O)NC2CCS(=O)(=O)C2)sc1/C=C/C(=O)O. The largest absolute Gasteiger partial charge is 0.478 e. The number of aryl methyl sites for hydroxylation is 1. The average molecular weight is 329 g/mol. The maximum Gasteiger partial charge on any atom is 0.328 e. The van der Waals surface area contributed by atoms with Gasteiger partial charge in [0.2, 0.25) is 0 Å². The molecule has 2 N–H and O–H groups in total. The zero-order chi connectivity index (χ0) is 15.6. The van der Waals surface area contributed by atoms with E-state index in [-0.39, 0.29) is 23.5 Å². The van der Waals surface area contributed by atoms with Gasteiger partial charge in [-0.2, -0.15) is 0 Å². The first-order valence-corrected chi connectivity index (χ1v) is 8.93. The second-order valence-electron chi connectivity index (χ2n) is 4.90. The number of nitrogens with one attached hydrogen (secondary N) is 1. The van der Waals surface area contributed by atoms with Crippen LogP contribution in [0, 0.1) is 6.92 Å². The van der Waals surface area contributed by atoms with Crippen LogP contribution in [0.2, 0.25) is 0 Å². The molecule has 8 heteroatoms. The van der Waals surface area contributed by atoms with Gasteiger partial charge in [0.25, 0.3) is 5.91 Å². The third-order valence-corrected chi connectivity index (χ3v) is 6.09. The maximum absolute atomic E-state index is 12.1. The highest BCUT2D eigenvalue weighted by Gasteiger charge is 2.29. The van der Waals surface area contributed by atoms with Gasteiger partial charge in [0.05, 0.1) is 16.4 Å². The molecular formula is C13H15NO5S2. The molecule has 0 bridgehead atoms. The van der Waals surface area contributed by atoms with Crippen molar-refractivity contribution < 1.29 is 23.1 Å². The summed E-state index contributed by atoms with van der Waals surface area (Å²) in [6, 6.07) is 1.33. The predicted octanol–water partition coefficient (Wildman–Crippen LogP) is 1.07. The van der Waals surface area contributed by atoms with Crippen molar-refractivity contribution in [2.24, 2.45) is 0 Å². The lowest BCUT2D eigenvalue weighted by Gasteiger charge is -2.09. The molecule has 1 atom stereocenters. The quantitative estimate of drug-likeness (QED) is 0.805. The van der Waals surface area contributed by atoms with Gasteiger partial charge >= 0.3 is 5.97 Å². The van der Waals surface area contributed by atoms with E-state index in [9.17, 15) is 18.0 Å². The van der Waals surface area contributed by atoms with Gasteiger partial charge in [-0.15, -0.1) is 11.3 Å². The fourth-order valence-corrected chi connectivity index (χ4v) is 4.74. The highest BCUT2D eigenvalue weighted by molar-refractivity contribution is 7.91. The van der Waals surface area contributed by atoms with E-state index in [4.69, 9.17) is 5.11 Å². The van der Waals surface area contributed by atoms with Crippen LogP contribution in [-0.4, -0.2) is 42.9 Å². The normalized spacial score (nSPS) is 20.7. The van der Waals surface area contributed by atoms with Gasteiger partial charge in [-0.25, -0.2) is 13.2 Å². The molecule has 1 aliphatic heterocycles. The Balaban J connectivity index is 2.07. The number of carboxylic acids is 1. The molecule has 0 saturated carbocycles. The molecule has 21 heavy (non-hydrogen) atoms. The summed E-state index contributed by atoms with van der Waals surface area (Å²) in [5.41, 5.74) is 0.807. The minimum atomic E-state index is -3.03. The summed E-state index contributed by atoms with van der Waals surface area (Å²) >= 11 is 1.18. The first-order valence-electron chi connectivity index (χ1n) is 6.29. The Morgan fingerprint density at radius 3 is 2.76 bits per heavy atom. The number of thiophene rings is 1. The first kappa shape index (κ1) is 15.7. The van der Waals surface area contributed by atoms with Crippen LogP contribution in [0.1, 0.15) is 26.5 Å². The molecule has 6 nitrogen and oxygen atoms in total. The Hall–Kier alpha value is -1.67. The van der Waals surface area contributed by atoms with Crippen LogP contribution in [-0.2, 0) is 14.6 Å². The minimum absolute atomic E-state index is 0.0190. The molecule has 1 amide bonds. The van der Waals surface area contributed by atoms with E-state index in [0.717, 1.165) is 11.6 Å². The van der Waals surface area contributed by atoms with Crippen molar-refractivity contribution in [1.82, 2.24) is 5.32 Å². The summed E-state index contributed by atoms with van der Waals surface area (Å²) in [5, 5.41) is 11.3. The lowest BCUT2D eigenvalue weighted by Crippen LogP contribution is -2.35. The van der Waals surface area contributed by atoms with Gasteiger partial charge < -0.3 is 10.4 Å². The number of carbonyl (C=O) groups excluding carboxylic acids is 1. The molecule has 1 unspecified atom stereocenters. The zero-order valence-electron chi connectivity index (χ0n) is 11.3. The monoisotopic (exact) mass is 329 g/mol. The Kier molecular flexibility index (Phi) is 4.48. The number of hydrogen-bond acceptors (Lipinski definition) is 5. The molecule has 2 heterocycles. The van der Waals surface area contributed by atoms with Gasteiger partial charge in [0.1, 0.15) is 0 Å². The van der Waals surface area contributed by atoms with Gasteiger partial charge in [0.15, 0.2) is 9.84 Å². The number of carbonyl (C=O) groups is 2. The van der Waals surface area contributed by atoms with E-state index in [1.165, 1.54) is 17.4 Å². The van der Waals surface area contributed by atoms with Crippen molar-refractivity contribution in [2.75, 3.05) is 11.5 Å². The molecule has 1 aromatic heterocycles. The Labute approximate surface area is 126 Å². The van der Waals surface area contributed by atoms with Gasteiger partial charge in [0, 0.05) is 17.0 Å². The molecule has 1 saturated heterocycles. The fraction of sp³-hybridized carbons (Fsp3) is 0.385. The summed E-state index contributed by atoms with van der Waals surface area (Å²) in [6.07, 6.45) is 2.90. The number of rotatable bonds is 4. The highest BCUT2D eigenvalue weighted by atomic mass is 32.2. The molecule has 1 aliphatic rings. The molecule has 2 rings (SSSR count). The zero-order valence-corrected chi connectivity index (χ0v) is 13.0. The average Bonchev–Trinajstić information content (AvgIpc) is 2.90. The van der Waals surface area contributed by atoms with Crippen molar-refractivity contribution in [2.45, 2.75) is 19.4 Å².